The molecule has 32 heavy (non-hydrogen) atoms. The van der Waals surface area contributed by atoms with E-state index >= 15 is 0 Å². The fourth-order valence-electron chi connectivity index (χ4n) is 4.45. The van der Waals surface area contributed by atoms with Gasteiger partial charge in [0.15, 0.2) is 5.69 Å². The van der Waals surface area contributed by atoms with Gasteiger partial charge in [-0.2, -0.15) is 5.10 Å². The number of morpholine rings is 1. The molecule has 0 unspecified atom stereocenters. The summed E-state index contributed by atoms with van der Waals surface area (Å²) in [7, 11) is 0. The van der Waals surface area contributed by atoms with Crippen molar-refractivity contribution in [1.29, 1.82) is 0 Å². The Morgan fingerprint density at radius 3 is 2.78 bits per heavy atom. The molecule has 2 aliphatic rings. The lowest BCUT2D eigenvalue weighted by Crippen LogP contribution is -2.35. The average Bonchev–Trinajstić information content (AvgIpc) is 3.28. The molecule has 1 amide bonds. The highest BCUT2D eigenvalue weighted by Crippen LogP contribution is 2.28. The molecule has 2 N–H and O–H groups in total. The van der Waals surface area contributed by atoms with E-state index in [0.717, 1.165) is 80.9 Å². The molecule has 0 bridgehead atoms. The number of rotatable bonds is 6. The molecule has 0 atom stereocenters. The van der Waals surface area contributed by atoms with Crippen LogP contribution in [0.3, 0.4) is 0 Å². The molecule has 5 rings (SSSR count). The minimum absolute atomic E-state index is 0.139. The third-order valence-corrected chi connectivity index (χ3v) is 6.39. The summed E-state index contributed by atoms with van der Waals surface area (Å²) in [4.78, 5) is 19.6. The number of nitrogens with zero attached hydrogens (tertiary/aromatic N) is 3. The third-order valence-electron chi connectivity index (χ3n) is 6.39. The lowest BCUT2D eigenvalue weighted by atomic mass is 9.99. The monoisotopic (exact) mass is 435 g/mol. The Bertz CT molecular complexity index is 1070. The van der Waals surface area contributed by atoms with Gasteiger partial charge in [-0.05, 0) is 48.1 Å². The summed E-state index contributed by atoms with van der Waals surface area (Å²) in [6.07, 6.45) is 5.71. The molecular formula is C24H29N5O3. The molecule has 0 radical (unpaired) electrons. The number of hydrogen-bond acceptors (Lipinski definition) is 6. The van der Waals surface area contributed by atoms with Crippen LogP contribution in [0.2, 0.25) is 0 Å². The molecule has 168 valence electrons. The number of carbonyl (C=O) groups is 1. The van der Waals surface area contributed by atoms with Crippen LogP contribution in [0.15, 0.2) is 36.7 Å². The predicted octanol–water partition coefficient (Wildman–Crippen LogP) is 2.61. The van der Waals surface area contributed by atoms with E-state index in [9.17, 15) is 4.79 Å². The zero-order valence-electron chi connectivity index (χ0n) is 18.2. The molecule has 8 nitrogen and oxygen atoms in total. The Balaban J connectivity index is 1.37. The van der Waals surface area contributed by atoms with Gasteiger partial charge in [0.1, 0.15) is 0 Å². The lowest BCUT2D eigenvalue weighted by molar-refractivity contribution is 0.0342. The van der Waals surface area contributed by atoms with Gasteiger partial charge in [0, 0.05) is 62.7 Å². The highest BCUT2D eigenvalue weighted by Gasteiger charge is 2.19. The fraction of sp³-hybridized carbons (Fsp3) is 0.458. The van der Waals surface area contributed by atoms with Gasteiger partial charge in [0.05, 0.1) is 18.7 Å². The Morgan fingerprint density at radius 2 is 1.94 bits per heavy atom. The summed E-state index contributed by atoms with van der Waals surface area (Å²) in [5, 5.41) is 11.2. The van der Waals surface area contributed by atoms with Crippen LogP contribution in [-0.2, 0) is 16.0 Å². The first kappa shape index (κ1) is 21.1. The Hall–Kier alpha value is -2.81. The highest BCUT2D eigenvalue weighted by molar-refractivity contribution is 6.05. The lowest BCUT2D eigenvalue weighted by Gasteiger charge is -2.27. The van der Waals surface area contributed by atoms with Crippen molar-refractivity contribution in [2.75, 3.05) is 46.1 Å². The summed E-state index contributed by atoms with van der Waals surface area (Å²) in [6, 6.07) is 8.16. The molecule has 8 heteroatoms. The quantitative estimate of drug-likeness (QED) is 0.618. The molecule has 0 saturated carbocycles. The minimum Gasteiger partial charge on any atom is -0.381 e. The average molecular weight is 436 g/mol. The maximum absolute atomic E-state index is 12.9. The number of aromatic nitrogens is 3. The van der Waals surface area contributed by atoms with E-state index in [1.807, 2.05) is 24.5 Å². The zero-order valence-corrected chi connectivity index (χ0v) is 18.2. The standard InChI is InChI=1S/C24H29N5O3/c30-24(26-14-17-4-9-31-10-5-17)23-20-13-18(1-2-22(20)27-28-23)21-15-25-6-3-19(21)16-29-7-11-32-12-8-29/h1-3,6,13,15,17H,4-5,7-12,14,16H2,(H,26,30)(H,27,28). The second-order valence-corrected chi connectivity index (χ2v) is 8.52. The Morgan fingerprint density at radius 1 is 1.12 bits per heavy atom. The number of pyridine rings is 1. The van der Waals surface area contributed by atoms with Crippen molar-refractivity contribution in [3.05, 3.63) is 47.9 Å². The summed E-state index contributed by atoms with van der Waals surface area (Å²) in [5.41, 5.74) is 4.62. The van der Waals surface area contributed by atoms with E-state index in [1.165, 1.54) is 5.56 Å². The molecule has 2 aromatic heterocycles. The fourth-order valence-corrected chi connectivity index (χ4v) is 4.45. The number of carbonyl (C=O) groups excluding carboxylic acids is 1. The van der Waals surface area contributed by atoms with E-state index in [2.05, 4.69) is 37.5 Å². The first-order valence-electron chi connectivity index (χ1n) is 11.4. The van der Waals surface area contributed by atoms with Crippen LogP contribution in [0.4, 0.5) is 0 Å². The smallest absolute Gasteiger partial charge is 0.272 e. The van der Waals surface area contributed by atoms with Gasteiger partial charge in [0.25, 0.3) is 5.91 Å². The van der Waals surface area contributed by atoms with Crippen LogP contribution in [0.1, 0.15) is 28.9 Å². The van der Waals surface area contributed by atoms with Gasteiger partial charge in [-0.3, -0.25) is 19.8 Å². The first-order chi connectivity index (χ1) is 15.8. The van der Waals surface area contributed by atoms with E-state index in [1.54, 1.807) is 0 Å². The third kappa shape index (κ3) is 4.67. The number of aromatic amines is 1. The van der Waals surface area contributed by atoms with Crippen LogP contribution >= 0.6 is 0 Å². The Labute approximate surface area is 187 Å². The van der Waals surface area contributed by atoms with Crippen molar-refractivity contribution in [3.8, 4) is 11.1 Å². The maximum atomic E-state index is 12.9. The number of nitrogens with one attached hydrogen (secondary N) is 2. The molecule has 2 aliphatic heterocycles. The summed E-state index contributed by atoms with van der Waals surface area (Å²) >= 11 is 0. The number of hydrogen-bond donors (Lipinski definition) is 2. The van der Waals surface area contributed by atoms with Crippen LogP contribution in [-0.4, -0.2) is 72.1 Å². The van der Waals surface area contributed by atoms with Crippen LogP contribution in [0.5, 0.6) is 0 Å². The van der Waals surface area contributed by atoms with Crippen molar-refractivity contribution in [3.63, 3.8) is 0 Å². The first-order valence-corrected chi connectivity index (χ1v) is 11.4. The minimum atomic E-state index is -0.139. The van der Waals surface area contributed by atoms with E-state index in [-0.39, 0.29) is 5.91 Å². The second kappa shape index (κ2) is 9.77. The number of benzene rings is 1. The molecular weight excluding hydrogens is 406 g/mol. The maximum Gasteiger partial charge on any atom is 0.272 e. The SMILES string of the molecule is O=C(NCC1CCOCC1)c1n[nH]c2ccc(-c3cnccc3CN3CCOCC3)cc12. The molecule has 2 saturated heterocycles. The van der Waals surface area contributed by atoms with Gasteiger partial charge >= 0.3 is 0 Å². The number of amides is 1. The molecule has 2 fully saturated rings. The van der Waals surface area contributed by atoms with Crippen molar-refractivity contribution in [1.82, 2.24) is 25.4 Å². The summed E-state index contributed by atoms with van der Waals surface area (Å²) in [5.74, 6) is 0.325. The van der Waals surface area contributed by atoms with Crippen molar-refractivity contribution in [2.24, 2.45) is 5.92 Å². The van der Waals surface area contributed by atoms with E-state index in [0.29, 0.717) is 18.2 Å². The van der Waals surface area contributed by atoms with Crippen molar-refractivity contribution >= 4 is 16.8 Å². The van der Waals surface area contributed by atoms with E-state index in [4.69, 9.17) is 9.47 Å². The highest BCUT2D eigenvalue weighted by atomic mass is 16.5. The Kier molecular flexibility index (Phi) is 6.43. The molecule has 3 aromatic rings. The summed E-state index contributed by atoms with van der Waals surface area (Å²) < 4.78 is 10.9. The van der Waals surface area contributed by atoms with Gasteiger partial charge in [-0.25, -0.2) is 0 Å². The largest absolute Gasteiger partial charge is 0.381 e. The van der Waals surface area contributed by atoms with Crippen LogP contribution < -0.4 is 5.32 Å². The van der Waals surface area contributed by atoms with Crippen LogP contribution in [0.25, 0.3) is 22.0 Å². The zero-order chi connectivity index (χ0) is 21.8. The number of ether oxygens (including phenoxy) is 2. The second-order valence-electron chi connectivity index (χ2n) is 8.52. The van der Waals surface area contributed by atoms with Crippen molar-refractivity contribution in [2.45, 2.75) is 19.4 Å². The van der Waals surface area contributed by atoms with Crippen LogP contribution in [0, 0.1) is 5.92 Å². The molecule has 1 aromatic carbocycles. The van der Waals surface area contributed by atoms with Gasteiger partial charge in [-0.15, -0.1) is 0 Å². The topological polar surface area (TPSA) is 92.4 Å². The number of fused-ring (bicyclic) bond motifs is 1. The molecule has 4 heterocycles. The van der Waals surface area contributed by atoms with E-state index < -0.39 is 0 Å². The summed E-state index contributed by atoms with van der Waals surface area (Å²) in [6.45, 7) is 6.45. The normalized spacial score (nSPS) is 18.1. The molecule has 0 spiro atoms. The van der Waals surface area contributed by atoms with Gasteiger partial charge in [-0.1, -0.05) is 6.07 Å². The molecule has 0 aliphatic carbocycles. The van der Waals surface area contributed by atoms with Crippen molar-refractivity contribution < 1.29 is 14.3 Å². The van der Waals surface area contributed by atoms with Gasteiger partial charge in [0.2, 0.25) is 0 Å². The predicted molar refractivity (Wildman–Crippen MR) is 121 cm³/mol. The van der Waals surface area contributed by atoms with Gasteiger partial charge < -0.3 is 14.8 Å². The number of H-pyrrole nitrogens is 1.